The summed E-state index contributed by atoms with van der Waals surface area (Å²) >= 11 is 0. The second kappa shape index (κ2) is 16.9. The van der Waals surface area contributed by atoms with Gasteiger partial charge in [0, 0.05) is 66.2 Å². The average molecular weight is 509 g/mol. The van der Waals surface area contributed by atoms with E-state index in [0.717, 1.165) is 65.0 Å². The van der Waals surface area contributed by atoms with Gasteiger partial charge in [0.15, 0.2) is 0 Å². The van der Waals surface area contributed by atoms with Crippen molar-refractivity contribution >= 4 is 30.4 Å². The SMILES string of the molecule is CC(=O)OC1CCN(CCN)CC1.CC(=O)OC1CCN(CCNC(=O)OC(C)(C)C)CC1.Cl. The van der Waals surface area contributed by atoms with Gasteiger partial charge in [0.25, 0.3) is 0 Å². The van der Waals surface area contributed by atoms with Crippen LogP contribution in [0, 0.1) is 0 Å². The molecule has 0 aromatic carbocycles. The number of hydrogen-bond acceptors (Lipinski definition) is 9. The predicted molar refractivity (Wildman–Crippen MR) is 133 cm³/mol. The predicted octanol–water partition coefficient (Wildman–Crippen LogP) is 1.93. The molecule has 0 atom stereocenters. The fourth-order valence-corrected chi connectivity index (χ4v) is 3.78. The molecule has 10 nitrogen and oxygen atoms in total. The van der Waals surface area contributed by atoms with Gasteiger partial charge in [0.2, 0.25) is 0 Å². The molecule has 0 aromatic heterocycles. The molecule has 2 rings (SSSR count). The highest BCUT2D eigenvalue weighted by molar-refractivity contribution is 5.85. The van der Waals surface area contributed by atoms with E-state index in [-0.39, 0.29) is 42.6 Å². The van der Waals surface area contributed by atoms with Gasteiger partial charge in [-0.25, -0.2) is 4.79 Å². The van der Waals surface area contributed by atoms with Crippen LogP contribution in [0.3, 0.4) is 0 Å². The third-order valence-electron chi connectivity index (χ3n) is 5.28. The molecule has 0 aliphatic carbocycles. The molecule has 11 heteroatoms. The van der Waals surface area contributed by atoms with Crippen LogP contribution in [0.2, 0.25) is 0 Å². The molecule has 0 unspecified atom stereocenters. The molecular formula is C23H45ClN4O6. The van der Waals surface area contributed by atoms with E-state index in [1.54, 1.807) is 0 Å². The lowest BCUT2D eigenvalue weighted by molar-refractivity contribution is -0.149. The van der Waals surface area contributed by atoms with Crippen LogP contribution in [0.4, 0.5) is 4.79 Å². The van der Waals surface area contributed by atoms with Gasteiger partial charge in [-0.1, -0.05) is 0 Å². The molecule has 2 aliphatic heterocycles. The molecule has 0 bridgehead atoms. The summed E-state index contributed by atoms with van der Waals surface area (Å²) in [4.78, 5) is 37.5. The molecule has 1 amide bonds. The van der Waals surface area contributed by atoms with Gasteiger partial charge in [-0.05, 0) is 46.5 Å². The third kappa shape index (κ3) is 16.1. The van der Waals surface area contributed by atoms with Gasteiger partial charge >= 0.3 is 18.0 Å². The summed E-state index contributed by atoms with van der Waals surface area (Å²) < 4.78 is 15.5. The van der Waals surface area contributed by atoms with Gasteiger partial charge in [-0.15, -0.1) is 12.4 Å². The minimum Gasteiger partial charge on any atom is -0.462 e. The number of halogens is 1. The summed E-state index contributed by atoms with van der Waals surface area (Å²) in [7, 11) is 0. The number of likely N-dealkylation sites (tertiary alicyclic amines) is 2. The zero-order valence-corrected chi connectivity index (χ0v) is 22.3. The highest BCUT2D eigenvalue weighted by atomic mass is 35.5. The van der Waals surface area contributed by atoms with Crippen LogP contribution in [0.1, 0.15) is 60.3 Å². The van der Waals surface area contributed by atoms with Crippen LogP contribution in [0.25, 0.3) is 0 Å². The summed E-state index contributed by atoms with van der Waals surface area (Å²) in [5.41, 5.74) is 4.98. The Balaban J connectivity index is 0.000000676. The molecule has 0 spiro atoms. The first-order chi connectivity index (χ1) is 15.5. The first-order valence-electron chi connectivity index (χ1n) is 11.9. The number of nitrogens with one attached hydrogen (secondary N) is 1. The standard InChI is InChI=1S/C14H26N2O4.C9H18N2O2.ClH/c1-11(17)19-12-5-8-16(9-6-12)10-7-15-13(18)20-14(2,3)4;1-8(12)13-9-2-5-11(6-3-9)7-4-10;/h12H,5-10H2,1-4H3,(H,15,18);9H,2-7,10H2,1H3;1H. The summed E-state index contributed by atoms with van der Waals surface area (Å²) in [6.45, 7) is 15.2. The van der Waals surface area contributed by atoms with E-state index in [1.165, 1.54) is 13.8 Å². The Kier molecular flexibility index (Phi) is 16.1. The van der Waals surface area contributed by atoms with Crippen molar-refractivity contribution < 1.29 is 28.6 Å². The number of alkyl carbamates (subject to hydrolysis) is 1. The normalized spacial score (nSPS) is 18.1. The molecule has 0 aromatic rings. The van der Waals surface area contributed by atoms with Gasteiger partial charge in [0.1, 0.15) is 17.8 Å². The molecule has 2 heterocycles. The molecule has 2 aliphatic rings. The van der Waals surface area contributed by atoms with Crippen molar-refractivity contribution in [3.05, 3.63) is 0 Å². The molecular weight excluding hydrogens is 464 g/mol. The van der Waals surface area contributed by atoms with Crippen molar-refractivity contribution in [3.8, 4) is 0 Å². The number of hydrogen-bond donors (Lipinski definition) is 2. The number of rotatable bonds is 7. The summed E-state index contributed by atoms with van der Waals surface area (Å²) in [5, 5.41) is 2.74. The fourth-order valence-electron chi connectivity index (χ4n) is 3.78. The van der Waals surface area contributed by atoms with Gasteiger partial charge < -0.3 is 35.1 Å². The van der Waals surface area contributed by atoms with Gasteiger partial charge in [0.05, 0.1) is 0 Å². The molecule has 0 saturated carbocycles. The first-order valence-corrected chi connectivity index (χ1v) is 11.9. The number of nitrogens with zero attached hydrogens (tertiary/aromatic N) is 2. The maximum Gasteiger partial charge on any atom is 0.407 e. The highest BCUT2D eigenvalue weighted by Crippen LogP contribution is 2.14. The maximum absolute atomic E-state index is 11.5. The minimum atomic E-state index is -0.466. The number of nitrogens with two attached hydrogens (primary N) is 1. The van der Waals surface area contributed by atoms with E-state index in [0.29, 0.717) is 13.1 Å². The van der Waals surface area contributed by atoms with Crippen molar-refractivity contribution in [2.24, 2.45) is 5.73 Å². The number of carbonyl (C=O) groups is 3. The van der Waals surface area contributed by atoms with Crippen LogP contribution in [0.5, 0.6) is 0 Å². The second-order valence-electron chi connectivity index (χ2n) is 9.52. The quantitative estimate of drug-likeness (QED) is 0.392. The maximum atomic E-state index is 11.5. The molecule has 2 saturated heterocycles. The molecule has 200 valence electrons. The zero-order chi connectivity index (χ0) is 24.9. The Morgan fingerprint density at radius 1 is 0.853 bits per heavy atom. The molecule has 2 fully saturated rings. The molecule has 3 N–H and O–H groups in total. The number of carbonyl (C=O) groups excluding carboxylic acids is 3. The molecule has 0 radical (unpaired) electrons. The van der Waals surface area contributed by atoms with Crippen molar-refractivity contribution in [2.75, 3.05) is 52.4 Å². The Labute approximate surface area is 210 Å². The average Bonchev–Trinajstić information content (AvgIpc) is 2.69. The Hall–Kier alpha value is -1.62. The first kappa shape index (κ1) is 32.4. The second-order valence-corrected chi connectivity index (χ2v) is 9.52. The lowest BCUT2D eigenvalue weighted by Gasteiger charge is -2.31. The zero-order valence-electron chi connectivity index (χ0n) is 21.5. The number of esters is 2. The topological polar surface area (TPSA) is 123 Å². The van der Waals surface area contributed by atoms with Crippen LogP contribution >= 0.6 is 12.4 Å². The Morgan fingerprint density at radius 3 is 1.62 bits per heavy atom. The van der Waals surface area contributed by atoms with E-state index >= 15 is 0 Å². The van der Waals surface area contributed by atoms with Crippen molar-refractivity contribution in [1.82, 2.24) is 15.1 Å². The lowest BCUT2D eigenvalue weighted by atomic mass is 10.1. The van der Waals surface area contributed by atoms with E-state index in [9.17, 15) is 14.4 Å². The Morgan fingerprint density at radius 2 is 1.26 bits per heavy atom. The van der Waals surface area contributed by atoms with E-state index in [2.05, 4.69) is 15.1 Å². The smallest absolute Gasteiger partial charge is 0.407 e. The summed E-state index contributed by atoms with van der Waals surface area (Å²) in [6, 6.07) is 0. The lowest BCUT2D eigenvalue weighted by Crippen LogP contribution is -2.42. The van der Waals surface area contributed by atoms with Crippen LogP contribution in [0.15, 0.2) is 0 Å². The minimum absolute atomic E-state index is 0. The third-order valence-corrected chi connectivity index (χ3v) is 5.28. The van der Waals surface area contributed by atoms with Crippen molar-refractivity contribution in [2.45, 2.75) is 78.1 Å². The monoisotopic (exact) mass is 508 g/mol. The van der Waals surface area contributed by atoms with E-state index in [4.69, 9.17) is 19.9 Å². The van der Waals surface area contributed by atoms with Crippen LogP contribution in [-0.2, 0) is 23.8 Å². The number of amides is 1. The van der Waals surface area contributed by atoms with Crippen molar-refractivity contribution in [1.29, 1.82) is 0 Å². The Bertz CT molecular complexity index is 601. The largest absolute Gasteiger partial charge is 0.462 e. The van der Waals surface area contributed by atoms with Crippen molar-refractivity contribution in [3.63, 3.8) is 0 Å². The highest BCUT2D eigenvalue weighted by Gasteiger charge is 2.22. The summed E-state index contributed by atoms with van der Waals surface area (Å²) in [6.07, 6.45) is 3.39. The van der Waals surface area contributed by atoms with Crippen LogP contribution in [-0.4, -0.2) is 98.0 Å². The number of piperidine rings is 2. The van der Waals surface area contributed by atoms with E-state index in [1.807, 2.05) is 20.8 Å². The van der Waals surface area contributed by atoms with Gasteiger partial charge in [-0.3, -0.25) is 9.59 Å². The van der Waals surface area contributed by atoms with E-state index < -0.39 is 5.60 Å². The fraction of sp³-hybridized carbons (Fsp3) is 0.870. The van der Waals surface area contributed by atoms with Crippen LogP contribution < -0.4 is 11.1 Å². The molecule has 34 heavy (non-hydrogen) atoms. The number of ether oxygens (including phenoxy) is 3. The summed E-state index contributed by atoms with van der Waals surface area (Å²) in [5.74, 6) is -0.382. The van der Waals surface area contributed by atoms with Gasteiger partial charge in [-0.2, -0.15) is 0 Å².